The first-order valence-electron chi connectivity index (χ1n) is 7.53. The van der Waals surface area contributed by atoms with Crippen LogP contribution in [0.2, 0.25) is 0 Å². The van der Waals surface area contributed by atoms with Gasteiger partial charge in [-0.3, -0.25) is 14.4 Å². The molecule has 0 radical (unpaired) electrons. The van der Waals surface area contributed by atoms with Crippen LogP contribution in [-0.4, -0.2) is 33.6 Å². The van der Waals surface area contributed by atoms with Gasteiger partial charge >= 0.3 is 0 Å². The summed E-state index contributed by atoms with van der Waals surface area (Å²) in [4.78, 5) is 14.0. The summed E-state index contributed by atoms with van der Waals surface area (Å²) in [6.45, 7) is 9.70. The molecule has 1 unspecified atom stereocenters. The molecule has 2 rings (SSSR count). The van der Waals surface area contributed by atoms with Crippen molar-refractivity contribution in [2.24, 2.45) is 5.92 Å². The van der Waals surface area contributed by atoms with E-state index >= 15 is 0 Å². The van der Waals surface area contributed by atoms with E-state index in [-0.39, 0.29) is 5.92 Å². The van der Waals surface area contributed by atoms with Gasteiger partial charge in [0.25, 0.3) is 0 Å². The molecule has 20 heavy (non-hydrogen) atoms. The van der Waals surface area contributed by atoms with E-state index in [1.807, 2.05) is 0 Å². The zero-order valence-corrected chi connectivity index (χ0v) is 14.2. The molecule has 2 heterocycles. The first-order chi connectivity index (χ1) is 9.56. The van der Waals surface area contributed by atoms with Gasteiger partial charge in [0.15, 0.2) is 0 Å². The molecule has 0 spiro atoms. The molecule has 0 amide bonds. The second kappa shape index (κ2) is 6.85. The van der Waals surface area contributed by atoms with Crippen LogP contribution in [0.4, 0.5) is 0 Å². The molecule has 1 saturated heterocycles. The highest BCUT2D eigenvalue weighted by molar-refractivity contribution is 9.10. The topological polar surface area (TPSA) is 38.1 Å². The number of hydrogen-bond donors (Lipinski definition) is 0. The Morgan fingerprint density at radius 2 is 2.20 bits per heavy atom. The molecular formula is C15H24BrN3O. The molecule has 0 aliphatic carbocycles. The second-order valence-corrected chi connectivity index (χ2v) is 6.35. The lowest BCUT2D eigenvalue weighted by Gasteiger charge is -2.31. The van der Waals surface area contributed by atoms with Crippen molar-refractivity contribution in [3.63, 3.8) is 0 Å². The Labute approximate surface area is 129 Å². The number of carbonyl (C=O) groups is 1. The van der Waals surface area contributed by atoms with Gasteiger partial charge in [-0.05, 0) is 55.6 Å². The van der Waals surface area contributed by atoms with E-state index in [0.29, 0.717) is 5.78 Å². The standard InChI is InChI=1S/C15H24BrN3O/c1-4-13-15(16)14(19(5-2)17-13)10-18-8-6-7-12(9-18)11(3)20/h12H,4-10H2,1-3H3. The number of carbonyl (C=O) groups excluding carboxylic acids is 1. The van der Waals surface area contributed by atoms with Crippen LogP contribution in [0.15, 0.2) is 4.47 Å². The number of halogens is 1. The van der Waals surface area contributed by atoms with Crippen molar-refractivity contribution in [1.82, 2.24) is 14.7 Å². The van der Waals surface area contributed by atoms with Gasteiger partial charge in [-0.2, -0.15) is 5.10 Å². The summed E-state index contributed by atoms with van der Waals surface area (Å²) in [5, 5.41) is 4.64. The predicted octanol–water partition coefficient (Wildman–Crippen LogP) is 3.03. The molecule has 1 aliphatic heterocycles. The number of rotatable bonds is 5. The van der Waals surface area contributed by atoms with E-state index in [2.05, 4.69) is 44.5 Å². The predicted molar refractivity (Wildman–Crippen MR) is 83.7 cm³/mol. The van der Waals surface area contributed by atoms with Crippen molar-refractivity contribution < 1.29 is 4.79 Å². The maximum Gasteiger partial charge on any atom is 0.134 e. The van der Waals surface area contributed by atoms with Gasteiger partial charge in [0.2, 0.25) is 0 Å². The molecule has 0 N–H and O–H groups in total. The lowest BCUT2D eigenvalue weighted by atomic mass is 9.94. The molecule has 1 aromatic heterocycles. The minimum absolute atomic E-state index is 0.214. The Balaban J connectivity index is 2.13. The summed E-state index contributed by atoms with van der Waals surface area (Å²) < 4.78 is 3.23. The smallest absolute Gasteiger partial charge is 0.134 e. The third-order valence-corrected chi connectivity index (χ3v) is 5.06. The molecule has 0 saturated carbocycles. The van der Waals surface area contributed by atoms with Gasteiger partial charge in [-0.25, -0.2) is 0 Å². The summed E-state index contributed by atoms with van der Waals surface area (Å²) in [6.07, 6.45) is 3.10. The van der Waals surface area contributed by atoms with Gasteiger partial charge in [-0.1, -0.05) is 6.92 Å². The Bertz CT molecular complexity index is 484. The first-order valence-corrected chi connectivity index (χ1v) is 8.32. The van der Waals surface area contributed by atoms with Crippen molar-refractivity contribution in [2.75, 3.05) is 13.1 Å². The number of likely N-dealkylation sites (tertiary alicyclic amines) is 1. The van der Waals surface area contributed by atoms with Crippen LogP contribution in [0.1, 0.15) is 45.0 Å². The number of aryl methyl sites for hydroxylation is 2. The number of ketones is 1. The van der Waals surface area contributed by atoms with Crippen LogP contribution >= 0.6 is 15.9 Å². The summed E-state index contributed by atoms with van der Waals surface area (Å²) >= 11 is 3.70. The van der Waals surface area contributed by atoms with E-state index in [9.17, 15) is 4.79 Å². The molecule has 0 bridgehead atoms. The van der Waals surface area contributed by atoms with Crippen LogP contribution in [0.5, 0.6) is 0 Å². The summed E-state index contributed by atoms with van der Waals surface area (Å²) in [5.41, 5.74) is 2.37. The van der Waals surface area contributed by atoms with Gasteiger partial charge < -0.3 is 0 Å². The highest BCUT2D eigenvalue weighted by atomic mass is 79.9. The van der Waals surface area contributed by atoms with Gasteiger partial charge in [-0.15, -0.1) is 0 Å². The molecular weight excluding hydrogens is 318 g/mol. The summed E-state index contributed by atoms with van der Waals surface area (Å²) in [6, 6.07) is 0. The maximum atomic E-state index is 11.6. The van der Waals surface area contributed by atoms with Crippen molar-refractivity contribution in [3.8, 4) is 0 Å². The van der Waals surface area contributed by atoms with Crippen molar-refractivity contribution in [3.05, 3.63) is 15.9 Å². The highest BCUT2D eigenvalue weighted by Crippen LogP contribution is 2.26. The Morgan fingerprint density at radius 1 is 1.45 bits per heavy atom. The quantitative estimate of drug-likeness (QED) is 0.826. The third kappa shape index (κ3) is 3.31. The molecule has 5 heteroatoms. The third-order valence-electron chi connectivity index (χ3n) is 4.15. The zero-order valence-electron chi connectivity index (χ0n) is 12.7. The number of nitrogens with zero attached hydrogens (tertiary/aromatic N) is 3. The van der Waals surface area contributed by atoms with E-state index in [0.717, 1.165) is 55.6 Å². The van der Waals surface area contributed by atoms with E-state index < -0.39 is 0 Å². The fourth-order valence-corrected chi connectivity index (χ4v) is 3.60. The second-order valence-electron chi connectivity index (χ2n) is 5.56. The lowest BCUT2D eigenvalue weighted by Crippen LogP contribution is -2.38. The van der Waals surface area contributed by atoms with Crippen LogP contribution in [0, 0.1) is 5.92 Å². The van der Waals surface area contributed by atoms with Crippen LogP contribution < -0.4 is 0 Å². The van der Waals surface area contributed by atoms with Gasteiger partial charge in [0.05, 0.1) is 15.9 Å². The van der Waals surface area contributed by atoms with Crippen LogP contribution in [0.3, 0.4) is 0 Å². The molecule has 1 atom stereocenters. The lowest BCUT2D eigenvalue weighted by molar-refractivity contribution is -0.122. The van der Waals surface area contributed by atoms with Crippen LogP contribution in [-0.2, 0) is 24.3 Å². The molecule has 1 aromatic rings. The Kier molecular flexibility index (Phi) is 5.38. The SMILES string of the molecule is CCc1nn(CC)c(CN2CCCC(C(C)=O)C2)c1Br. The highest BCUT2D eigenvalue weighted by Gasteiger charge is 2.25. The van der Waals surface area contributed by atoms with Gasteiger partial charge in [0.1, 0.15) is 5.78 Å². The van der Waals surface area contributed by atoms with Crippen molar-refractivity contribution in [2.45, 2.75) is 53.1 Å². The van der Waals surface area contributed by atoms with Crippen molar-refractivity contribution >= 4 is 21.7 Å². The molecule has 0 aromatic carbocycles. The van der Waals surface area contributed by atoms with Crippen molar-refractivity contribution in [1.29, 1.82) is 0 Å². The zero-order chi connectivity index (χ0) is 14.7. The Hall–Kier alpha value is -0.680. The number of aromatic nitrogens is 2. The number of piperidine rings is 1. The maximum absolute atomic E-state index is 11.6. The monoisotopic (exact) mass is 341 g/mol. The van der Waals surface area contributed by atoms with Gasteiger partial charge in [0, 0.05) is 25.6 Å². The molecule has 4 nitrogen and oxygen atoms in total. The summed E-state index contributed by atoms with van der Waals surface area (Å²) in [7, 11) is 0. The number of hydrogen-bond acceptors (Lipinski definition) is 3. The largest absolute Gasteiger partial charge is 0.300 e. The fourth-order valence-electron chi connectivity index (χ4n) is 2.91. The Morgan fingerprint density at radius 3 is 2.80 bits per heavy atom. The molecule has 1 fully saturated rings. The fraction of sp³-hybridized carbons (Fsp3) is 0.733. The normalized spacial score (nSPS) is 20.3. The molecule has 112 valence electrons. The van der Waals surface area contributed by atoms with E-state index in [4.69, 9.17) is 0 Å². The summed E-state index contributed by atoms with van der Waals surface area (Å²) in [5.74, 6) is 0.540. The number of Topliss-reactive ketones (excluding diaryl/α,β-unsaturated/α-hetero) is 1. The minimum atomic E-state index is 0.214. The van der Waals surface area contributed by atoms with Crippen LogP contribution in [0.25, 0.3) is 0 Å². The van der Waals surface area contributed by atoms with E-state index in [1.165, 1.54) is 5.69 Å². The van der Waals surface area contributed by atoms with E-state index in [1.54, 1.807) is 6.92 Å². The minimum Gasteiger partial charge on any atom is -0.300 e. The average molecular weight is 342 g/mol. The first kappa shape index (κ1) is 15.7. The molecule has 1 aliphatic rings. The average Bonchev–Trinajstić information content (AvgIpc) is 2.75.